The van der Waals surface area contributed by atoms with Gasteiger partial charge in [-0.2, -0.15) is 15.3 Å². The molecule has 5 nitrogen and oxygen atoms in total. The minimum Gasteiger partial charge on any atom is -0.264 e. The van der Waals surface area contributed by atoms with E-state index in [-0.39, 0.29) is 0 Å². The third kappa shape index (κ3) is 0.953. The molecule has 0 aliphatic carbocycles. The quantitative estimate of drug-likeness (QED) is 0.611. The first-order valence-corrected chi connectivity index (χ1v) is 4.30. The summed E-state index contributed by atoms with van der Waals surface area (Å²) in [5.41, 5.74) is 1.90. The van der Waals surface area contributed by atoms with Crippen LogP contribution in [0.25, 0.3) is 10.9 Å². The summed E-state index contributed by atoms with van der Waals surface area (Å²) in [5, 5.41) is 13.1. The summed E-state index contributed by atoms with van der Waals surface area (Å²) in [6.07, 6.45) is 6.97. The van der Waals surface area contributed by atoms with Gasteiger partial charge in [-0.05, 0) is 6.07 Å². The fraction of sp³-hybridized carbons (Fsp3) is 0.111. The highest BCUT2D eigenvalue weighted by atomic mass is 15.3. The molecule has 0 saturated heterocycles. The SMILES string of the molecule is C1=NN=Cc2c3cnccc3nn2C1. The van der Waals surface area contributed by atoms with Crippen LogP contribution in [0.5, 0.6) is 0 Å². The molecule has 1 aliphatic heterocycles. The molecule has 0 unspecified atom stereocenters. The monoisotopic (exact) mass is 185 g/mol. The summed E-state index contributed by atoms with van der Waals surface area (Å²) in [6.45, 7) is 0.657. The van der Waals surface area contributed by atoms with Gasteiger partial charge < -0.3 is 0 Å². The van der Waals surface area contributed by atoms with Crippen molar-refractivity contribution in [2.45, 2.75) is 6.54 Å². The van der Waals surface area contributed by atoms with Gasteiger partial charge in [-0.1, -0.05) is 0 Å². The Balaban J connectivity index is 2.37. The van der Waals surface area contributed by atoms with Crippen LogP contribution in [0.1, 0.15) is 5.69 Å². The number of pyridine rings is 1. The Morgan fingerprint density at radius 1 is 1.29 bits per heavy atom. The van der Waals surface area contributed by atoms with Crippen molar-refractivity contribution in [2.24, 2.45) is 10.2 Å². The minimum absolute atomic E-state index is 0.657. The Hall–Kier alpha value is -2.04. The van der Waals surface area contributed by atoms with Gasteiger partial charge in [-0.3, -0.25) is 9.67 Å². The van der Waals surface area contributed by atoms with Gasteiger partial charge in [0.05, 0.1) is 24.0 Å². The lowest BCUT2D eigenvalue weighted by atomic mass is 10.3. The summed E-state index contributed by atoms with van der Waals surface area (Å²) in [6, 6.07) is 1.89. The predicted molar refractivity (Wildman–Crippen MR) is 53.6 cm³/mol. The lowest BCUT2D eigenvalue weighted by Crippen LogP contribution is -2.03. The first-order chi connectivity index (χ1) is 6.95. The lowest BCUT2D eigenvalue weighted by molar-refractivity contribution is 0.739. The summed E-state index contributed by atoms with van der Waals surface area (Å²) in [7, 11) is 0. The molecule has 1 aliphatic rings. The molecule has 0 fully saturated rings. The van der Waals surface area contributed by atoms with E-state index in [1.807, 2.05) is 10.7 Å². The van der Waals surface area contributed by atoms with Gasteiger partial charge in [-0.25, -0.2) is 0 Å². The van der Waals surface area contributed by atoms with Crippen LogP contribution in [-0.2, 0) is 6.54 Å². The molecule has 0 atom stereocenters. The topological polar surface area (TPSA) is 55.4 Å². The van der Waals surface area contributed by atoms with E-state index in [0.717, 1.165) is 16.6 Å². The van der Waals surface area contributed by atoms with Crippen LogP contribution >= 0.6 is 0 Å². The molecule has 2 aromatic rings. The van der Waals surface area contributed by atoms with E-state index in [0.29, 0.717) is 6.54 Å². The standard InChI is InChI=1S/C9H7N5/c1-2-10-5-7-8(1)13-14-4-3-11-12-6-9(7)14/h1-3,5-6H,4H2. The largest absolute Gasteiger partial charge is 0.264 e. The molecule has 3 heterocycles. The second-order valence-electron chi connectivity index (χ2n) is 3.00. The molecule has 2 aromatic heterocycles. The molecular formula is C9H7N5. The number of hydrogen-bond acceptors (Lipinski definition) is 4. The van der Waals surface area contributed by atoms with Gasteiger partial charge in [0.25, 0.3) is 0 Å². The normalized spacial score (nSPS) is 14.3. The summed E-state index contributed by atoms with van der Waals surface area (Å²) >= 11 is 0. The van der Waals surface area contributed by atoms with E-state index in [4.69, 9.17) is 0 Å². The Labute approximate surface area is 79.8 Å². The van der Waals surface area contributed by atoms with Crippen LogP contribution in [0.3, 0.4) is 0 Å². The van der Waals surface area contributed by atoms with Gasteiger partial charge in [0, 0.05) is 24.0 Å². The summed E-state index contributed by atoms with van der Waals surface area (Å²) in [4.78, 5) is 4.07. The molecule has 0 bridgehead atoms. The van der Waals surface area contributed by atoms with Crippen LogP contribution < -0.4 is 0 Å². The van der Waals surface area contributed by atoms with Crippen LogP contribution in [-0.4, -0.2) is 27.2 Å². The molecule has 0 radical (unpaired) electrons. The van der Waals surface area contributed by atoms with Gasteiger partial charge in [0.1, 0.15) is 0 Å². The molecule has 0 amide bonds. The molecule has 0 aromatic carbocycles. The third-order valence-corrected chi connectivity index (χ3v) is 2.16. The molecule has 0 saturated carbocycles. The number of rotatable bonds is 0. The smallest absolute Gasteiger partial charge is 0.0961 e. The van der Waals surface area contributed by atoms with E-state index in [2.05, 4.69) is 20.3 Å². The van der Waals surface area contributed by atoms with Crippen molar-refractivity contribution in [3.05, 3.63) is 24.2 Å². The average molecular weight is 185 g/mol. The highest BCUT2D eigenvalue weighted by molar-refractivity contribution is 5.97. The summed E-state index contributed by atoms with van der Waals surface area (Å²) < 4.78 is 1.87. The van der Waals surface area contributed by atoms with Gasteiger partial charge in [-0.15, -0.1) is 0 Å². The van der Waals surface area contributed by atoms with Gasteiger partial charge >= 0.3 is 0 Å². The van der Waals surface area contributed by atoms with Crippen LogP contribution in [0.4, 0.5) is 0 Å². The van der Waals surface area contributed by atoms with Crippen LogP contribution in [0.2, 0.25) is 0 Å². The Kier molecular flexibility index (Phi) is 1.44. The molecule has 14 heavy (non-hydrogen) atoms. The first kappa shape index (κ1) is 7.37. The van der Waals surface area contributed by atoms with Crippen LogP contribution in [0.15, 0.2) is 28.7 Å². The molecule has 0 N–H and O–H groups in total. The van der Waals surface area contributed by atoms with Gasteiger partial charge in [0.15, 0.2) is 0 Å². The fourth-order valence-corrected chi connectivity index (χ4v) is 1.52. The maximum atomic E-state index is 4.41. The van der Waals surface area contributed by atoms with E-state index in [1.165, 1.54) is 0 Å². The van der Waals surface area contributed by atoms with Crippen molar-refractivity contribution < 1.29 is 0 Å². The van der Waals surface area contributed by atoms with Crippen molar-refractivity contribution in [1.29, 1.82) is 0 Å². The zero-order valence-electron chi connectivity index (χ0n) is 7.33. The molecule has 3 rings (SSSR count). The highest BCUT2D eigenvalue weighted by Crippen LogP contribution is 2.15. The molecule has 5 heteroatoms. The molecule has 68 valence electrons. The zero-order chi connectivity index (χ0) is 9.38. The molecule has 0 spiro atoms. The first-order valence-electron chi connectivity index (χ1n) is 4.30. The fourth-order valence-electron chi connectivity index (χ4n) is 1.52. The second kappa shape index (κ2) is 2.73. The van der Waals surface area contributed by atoms with E-state index in [1.54, 1.807) is 24.8 Å². The molecular weight excluding hydrogens is 178 g/mol. The van der Waals surface area contributed by atoms with Crippen molar-refractivity contribution in [2.75, 3.05) is 0 Å². The van der Waals surface area contributed by atoms with E-state index in [9.17, 15) is 0 Å². The number of nitrogens with zero attached hydrogens (tertiary/aromatic N) is 5. The van der Waals surface area contributed by atoms with Crippen molar-refractivity contribution in [3.63, 3.8) is 0 Å². The number of fused-ring (bicyclic) bond motifs is 3. The second-order valence-corrected chi connectivity index (χ2v) is 3.00. The summed E-state index contributed by atoms with van der Waals surface area (Å²) in [5.74, 6) is 0. The van der Waals surface area contributed by atoms with Crippen molar-refractivity contribution >= 4 is 23.3 Å². The maximum Gasteiger partial charge on any atom is 0.0961 e. The van der Waals surface area contributed by atoms with E-state index < -0.39 is 0 Å². The highest BCUT2D eigenvalue weighted by Gasteiger charge is 2.09. The number of aromatic nitrogens is 3. The predicted octanol–water partition coefficient (Wildman–Crippen LogP) is 0.850. The third-order valence-electron chi connectivity index (χ3n) is 2.16. The maximum absolute atomic E-state index is 4.41. The lowest BCUT2D eigenvalue weighted by Gasteiger charge is -1.94. The van der Waals surface area contributed by atoms with Gasteiger partial charge in [0.2, 0.25) is 0 Å². The van der Waals surface area contributed by atoms with Crippen molar-refractivity contribution in [1.82, 2.24) is 14.8 Å². The minimum atomic E-state index is 0.657. The Morgan fingerprint density at radius 2 is 2.29 bits per heavy atom. The average Bonchev–Trinajstić information content (AvgIpc) is 2.42. The van der Waals surface area contributed by atoms with E-state index >= 15 is 0 Å². The Bertz CT molecular complexity index is 537. The number of hydrogen-bond donors (Lipinski definition) is 0. The van der Waals surface area contributed by atoms with Crippen molar-refractivity contribution in [3.8, 4) is 0 Å². The zero-order valence-corrected chi connectivity index (χ0v) is 7.33. The van der Waals surface area contributed by atoms with Crippen LogP contribution in [0, 0.1) is 0 Å². The Morgan fingerprint density at radius 3 is 3.29 bits per heavy atom.